The first-order valence-corrected chi connectivity index (χ1v) is 11.2. The lowest BCUT2D eigenvalue weighted by molar-refractivity contribution is -0.145. The number of carbonyl (C=O) groups excluding carboxylic acids is 3. The Balaban J connectivity index is 1.24. The van der Waals surface area contributed by atoms with Crippen molar-refractivity contribution >= 4 is 40.9 Å². The van der Waals surface area contributed by atoms with E-state index in [1.54, 1.807) is 24.3 Å². The number of fused-ring (bicyclic) bond motifs is 5. The van der Waals surface area contributed by atoms with E-state index in [4.69, 9.17) is 32.7 Å². The van der Waals surface area contributed by atoms with Crippen LogP contribution in [0.3, 0.4) is 0 Å². The maximum atomic E-state index is 13.2. The Kier molecular flexibility index (Phi) is 5.64. The standard InChI is InChI=1S/C24H20Cl2N2O5/c25-15-6-7-17(16(26)10-15)32-12-19(29)27-13-24-9-8-18(33-24)20-21(24)23(31)28(22(20)30)11-14-4-2-1-3-5-14/h1-10,18,20-21H,11-13H2,(H,27,29)/t18-,20-,21+,24+/m0/s1. The van der Waals surface area contributed by atoms with Gasteiger partial charge in [0.15, 0.2) is 6.61 Å². The molecule has 2 fully saturated rings. The van der Waals surface area contributed by atoms with E-state index in [-0.39, 0.29) is 31.5 Å². The topological polar surface area (TPSA) is 84.9 Å². The van der Waals surface area contributed by atoms with Crippen LogP contribution in [0.4, 0.5) is 0 Å². The van der Waals surface area contributed by atoms with Crippen LogP contribution in [-0.4, -0.2) is 47.5 Å². The number of benzene rings is 2. The monoisotopic (exact) mass is 486 g/mol. The fraction of sp³-hybridized carbons (Fsp3) is 0.292. The van der Waals surface area contributed by atoms with Gasteiger partial charge in [-0.15, -0.1) is 0 Å². The van der Waals surface area contributed by atoms with Gasteiger partial charge in [-0.2, -0.15) is 0 Å². The third-order valence-electron chi connectivity index (χ3n) is 6.24. The van der Waals surface area contributed by atoms with Crippen LogP contribution in [0.5, 0.6) is 5.75 Å². The second kappa shape index (κ2) is 8.48. The molecule has 170 valence electrons. The van der Waals surface area contributed by atoms with Crippen molar-refractivity contribution in [2.24, 2.45) is 11.8 Å². The zero-order valence-corrected chi connectivity index (χ0v) is 18.9. The van der Waals surface area contributed by atoms with Crippen molar-refractivity contribution in [2.45, 2.75) is 18.2 Å². The molecule has 2 saturated heterocycles. The molecule has 3 amide bonds. The van der Waals surface area contributed by atoms with E-state index in [1.807, 2.05) is 30.3 Å². The summed E-state index contributed by atoms with van der Waals surface area (Å²) in [5.74, 6) is -1.84. The van der Waals surface area contributed by atoms with Crippen molar-refractivity contribution in [3.05, 3.63) is 76.3 Å². The van der Waals surface area contributed by atoms with Crippen molar-refractivity contribution < 1.29 is 23.9 Å². The fourth-order valence-corrected chi connectivity index (χ4v) is 5.17. The molecule has 0 spiro atoms. The van der Waals surface area contributed by atoms with E-state index >= 15 is 0 Å². The van der Waals surface area contributed by atoms with Crippen LogP contribution in [0.25, 0.3) is 0 Å². The van der Waals surface area contributed by atoms with E-state index in [9.17, 15) is 14.4 Å². The summed E-state index contributed by atoms with van der Waals surface area (Å²) in [5, 5.41) is 3.52. The molecule has 9 heteroatoms. The Morgan fingerprint density at radius 2 is 1.91 bits per heavy atom. The number of nitrogens with one attached hydrogen (secondary N) is 1. The molecule has 0 unspecified atom stereocenters. The second-order valence-corrected chi connectivity index (χ2v) is 9.13. The van der Waals surface area contributed by atoms with E-state index in [0.717, 1.165) is 5.56 Å². The van der Waals surface area contributed by atoms with E-state index in [0.29, 0.717) is 15.8 Å². The number of halogens is 2. The van der Waals surface area contributed by atoms with Crippen LogP contribution in [0.2, 0.25) is 10.0 Å². The van der Waals surface area contributed by atoms with Crippen LogP contribution in [-0.2, 0) is 25.7 Å². The number of carbonyl (C=O) groups is 3. The average Bonchev–Trinajstić information content (AvgIpc) is 3.44. The molecule has 2 aromatic rings. The lowest BCUT2D eigenvalue weighted by atomic mass is 9.77. The van der Waals surface area contributed by atoms with Gasteiger partial charge in [0.25, 0.3) is 5.91 Å². The molecular formula is C24H20Cl2N2O5. The summed E-state index contributed by atoms with van der Waals surface area (Å²) in [6.45, 7) is -0.00204. The summed E-state index contributed by atoms with van der Waals surface area (Å²) in [4.78, 5) is 40.0. The van der Waals surface area contributed by atoms with Gasteiger partial charge in [0.05, 0.1) is 36.1 Å². The van der Waals surface area contributed by atoms with E-state index in [1.165, 1.54) is 11.0 Å². The third-order valence-corrected chi connectivity index (χ3v) is 6.77. The van der Waals surface area contributed by atoms with Crippen molar-refractivity contribution in [3.8, 4) is 5.75 Å². The molecule has 3 aliphatic rings. The molecule has 5 rings (SSSR count). The van der Waals surface area contributed by atoms with Crippen LogP contribution in [0.1, 0.15) is 5.56 Å². The van der Waals surface area contributed by atoms with E-state index < -0.39 is 29.4 Å². The van der Waals surface area contributed by atoms with Gasteiger partial charge in [-0.25, -0.2) is 0 Å². The Morgan fingerprint density at radius 3 is 2.67 bits per heavy atom. The third kappa shape index (κ3) is 3.90. The summed E-state index contributed by atoms with van der Waals surface area (Å²) in [6, 6.07) is 14.1. The molecule has 3 heterocycles. The number of nitrogens with zero attached hydrogens (tertiary/aromatic N) is 1. The number of rotatable bonds is 7. The first kappa shape index (κ1) is 21.9. The highest BCUT2D eigenvalue weighted by Crippen LogP contribution is 2.51. The number of imide groups is 1. The number of amides is 3. The van der Waals surface area contributed by atoms with Gasteiger partial charge in [0.1, 0.15) is 11.4 Å². The highest BCUT2D eigenvalue weighted by Gasteiger charge is 2.67. The molecule has 7 nitrogen and oxygen atoms in total. The molecule has 0 aliphatic carbocycles. The summed E-state index contributed by atoms with van der Waals surface area (Å²) in [5.41, 5.74) is -0.179. The summed E-state index contributed by atoms with van der Waals surface area (Å²) < 4.78 is 11.5. The first-order chi connectivity index (χ1) is 15.9. The Labute approximate surface area is 200 Å². The average molecular weight is 487 g/mol. The molecule has 4 atom stereocenters. The number of ether oxygens (including phenoxy) is 2. The number of hydrogen-bond acceptors (Lipinski definition) is 5. The minimum Gasteiger partial charge on any atom is -0.482 e. The van der Waals surface area contributed by atoms with Crippen molar-refractivity contribution in [1.29, 1.82) is 0 Å². The summed E-state index contributed by atoms with van der Waals surface area (Å²) in [6.07, 6.45) is 3.11. The van der Waals surface area contributed by atoms with Crippen LogP contribution >= 0.6 is 23.2 Å². The van der Waals surface area contributed by atoms with Gasteiger partial charge < -0.3 is 14.8 Å². The zero-order chi connectivity index (χ0) is 23.2. The minimum absolute atomic E-state index is 0.0515. The van der Waals surface area contributed by atoms with Gasteiger partial charge >= 0.3 is 0 Å². The Bertz CT molecular complexity index is 1150. The smallest absolute Gasteiger partial charge is 0.258 e. The Morgan fingerprint density at radius 1 is 1.12 bits per heavy atom. The summed E-state index contributed by atoms with van der Waals surface area (Å²) in [7, 11) is 0. The maximum Gasteiger partial charge on any atom is 0.258 e. The van der Waals surface area contributed by atoms with Crippen molar-refractivity contribution in [3.63, 3.8) is 0 Å². The van der Waals surface area contributed by atoms with Crippen LogP contribution in [0, 0.1) is 11.8 Å². The molecular weight excluding hydrogens is 467 g/mol. The fourth-order valence-electron chi connectivity index (χ4n) is 4.71. The van der Waals surface area contributed by atoms with Crippen molar-refractivity contribution in [1.82, 2.24) is 10.2 Å². The van der Waals surface area contributed by atoms with E-state index in [2.05, 4.69) is 5.32 Å². The zero-order valence-electron chi connectivity index (χ0n) is 17.4. The quantitative estimate of drug-likeness (QED) is 0.480. The van der Waals surface area contributed by atoms with Gasteiger partial charge in [0, 0.05) is 5.02 Å². The van der Waals surface area contributed by atoms with Crippen molar-refractivity contribution in [2.75, 3.05) is 13.2 Å². The van der Waals surface area contributed by atoms with Gasteiger partial charge in [-0.3, -0.25) is 19.3 Å². The second-order valence-electron chi connectivity index (χ2n) is 8.29. The molecule has 2 bridgehead atoms. The molecule has 2 aromatic carbocycles. The molecule has 33 heavy (non-hydrogen) atoms. The largest absolute Gasteiger partial charge is 0.482 e. The highest BCUT2D eigenvalue weighted by atomic mass is 35.5. The Hall–Kier alpha value is -2.87. The number of likely N-dealkylation sites (tertiary alicyclic amines) is 1. The molecule has 1 N–H and O–H groups in total. The number of hydrogen-bond donors (Lipinski definition) is 1. The predicted octanol–water partition coefficient (Wildman–Crippen LogP) is 3.00. The summed E-state index contributed by atoms with van der Waals surface area (Å²) >= 11 is 11.9. The minimum atomic E-state index is -1.05. The molecule has 3 aliphatic heterocycles. The normalized spacial score (nSPS) is 27.2. The maximum absolute atomic E-state index is 13.2. The van der Waals surface area contributed by atoms with Crippen LogP contribution in [0.15, 0.2) is 60.7 Å². The lowest BCUT2D eigenvalue weighted by Crippen LogP contribution is -2.49. The van der Waals surface area contributed by atoms with Gasteiger partial charge in [-0.1, -0.05) is 65.7 Å². The van der Waals surface area contributed by atoms with Gasteiger partial charge in [-0.05, 0) is 23.8 Å². The molecule has 0 aromatic heterocycles. The highest BCUT2D eigenvalue weighted by molar-refractivity contribution is 6.35. The van der Waals surface area contributed by atoms with Gasteiger partial charge in [0.2, 0.25) is 11.8 Å². The first-order valence-electron chi connectivity index (χ1n) is 10.5. The predicted molar refractivity (Wildman–Crippen MR) is 121 cm³/mol. The van der Waals surface area contributed by atoms with Crippen LogP contribution < -0.4 is 10.1 Å². The SMILES string of the molecule is O=C(COc1ccc(Cl)cc1Cl)NC[C@@]12C=C[C@H](O1)[C@@H]1C(=O)N(Cc3ccccc3)C(=O)[C@@H]12. The molecule has 0 radical (unpaired) electrons. The lowest BCUT2D eigenvalue weighted by Gasteiger charge is -2.29. The molecule has 0 saturated carbocycles.